The van der Waals surface area contributed by atoms with Gasteiger partial charge >= 0.3 is 5.97 Å². The number of carboxylic acid groups (broad SMARTS) is 1. The summed E-state index contributed by atoms with van der Waals surface area (Å²) in [5, 5.41) is 8.46. The summed E-state index contributed by atoms with van der Waals surface area (Å²) in [6.07, 6.45) is 6.58. The molecule has 0 aromatic carbocycles. The van der Waals surface area contributed by atoms with Crippen molar-refractivity contribution in [1.29, 1.82) is 0 Å². The van der Waals surface area contributed by atoms with E-state index in [9.17, 15) is 9.18 Å². The van der Waals surface area contributed by atoms with Crippen molar-refractivity contribution in [3.05, 3.63) is 0 Å². The molecule has 0 radical (unpaired) electrons. The summed E-state index contributed by atoms with van der Waals surface area (Å²) in [4.78, 5) is 10.4. The van der Waals surface area contributed by atoms with Crippen LogP contribution in [0.4, 0.5) is 4.39 Å². The monoisotopic (exact) mass is 202 g/mol. The molecule has 0 heterocycles. The number of hydrogen-bond donors (Lipinski definition) is 1. The first-order chi connectivity index (χ1) is 6.70. The lowest BCUT2D eigenvalue weighted by Crippen LogP contribution is -2.19. The topological polar surface area (TPSA) is 37.3 Å². The van der Waals surface area contributed by atoms with E-state index in [1.165, 1.54) is 19.3 Å². The average molecular weight is 202 g/mol. The zero-order chi connectivity index (χ0) is 10.4. The van der Waals surface area contributed by atoms with Gasteiger partial charge in [-0.1, -0.05) is 44.9 Å². The van der Waals surface area contributed by atoms with E-state index in [2.05, 4.69) is 0 Å². The van der Waals surface area contributed by atoms with Crippen LogP contribution in [-0.2, 0) is 4.79 Å². The minimum atomic E-state index is -1.65. The molecule has 2 nitrogen and oxygen atoms in total. The molecule has 3 heteroatoms. The Kier molecular flexibility index (Phi) is 4.91. The quantitative estimate of drug-likeness (QED) is 0.763. The maximum atomic E-state index is 12.9. The predicted molar refractivity (Wildman–Crippen MR) is 53.0 cm³/mol. The summed E-state index contributed by atoms with van der Waals surface area (Å²) in [6, 6.07) is 0. The number of halogens is 1. The third-order valence-electron chi connectivity index (χ3n) is 3.03. The Morgan fingerprint density at radius 2 is 1.71 bits per heavy atom. The summed E-state index contributed by atoms with van der Waals surface area (Å²) < 4.78 is 12.9. The molecule has 1 unspecified atom stereocenters. The van der Waals surface area contributed by atoms with Crippen LogP contribution in [0, 0.1) is 5.92 Å². The van der Waals surface area contributed by atoms with Gasteiger partial charge in [0.1, 0.15) is 0 Å². The van der Waals surface area contributed by atoms with Gasteiger partial charge in [0.2, 0.25) is 0 Å². The van der Waals surface area contributed by atoms with Gasteiger partial charge in [0.15, 0.2) is 6.17 Å². The van der Waals surface area contributed by atoms with Gasteiger partial charge in [-0.25, -0.2) is 9.18 Å². The fourth-order valence-electron chi connectivity index (χ4n) is 2.17. The molecule has 0 aromatic rings. The minimum Gasteiger partial charge on any atom is -0.479 e. The number of aliphatic carboxylic acids is 1. The van der Waals surface area contributed by atoms with Crippen LogP contribution in [0.5, 0.6) is 0 Å². The largest absolute Gasteiger partial charge is 0.479 e. The summed E-state index contributed by atoms with van der Waals surface area (Å²) in [5.41, 5.74) is 0. The van der Waals surface area contributed by atoms with Gasteiger partial charge in [-0.15, -0.1) is 0 Å². The summed E-state index contributed by atoms with van der Waals surface area (Å²) in [7, 11) is 0. The highest BCUT2D eigenvalue weighted by Crippen LogP contribution is 2.26. The van der Waals surface area contributed by atoms with Crippen molar-refractivity contribution in [2.24, 2.45) is 5.92 Å². The lowest BCUT2D eigenvalue weighted by atomic mass is 9.87. The van der Waals surface area contributed by atoms with Gasteiger partial charge in [-0.2, -0.15) is 0 Å². The highest BCUT2D eigenvalue weighted by molar-refractivity contribution is 5.71. The Bertz CT molecular complexity index is 174. The number of carboxylic acids is 1. The van der Waals surface area contributed by atoms with Gasteiger partial charge in [0.05, 0.1) is 0 Å². The van der Waals surface area contributed by atoms with E-state index in [1.54, 1.807) is 0 Å². The van der Waals surface area contributed by atoms with Gasteiger partial charge in [0, 0.05) is 0 Å². The Morgan fingerprint density at radius 1 is 1.21 bits per heavy atom. The number of rotatable bonds is 3. The molecule has 14 heavy (non-hydrogen) atoms. The maximum Gasteiger partial charge on any atom is 0.338 e. The standard InChI is InChI=1S/C11H19FO2/c12-10(11(13)14)8-9-6-4-2-1-3-5-7-9/h9-10H,1-8H2,(H,13,14). The van der Waals surface area contributed by atoms with E-state index in [4.69, 9.17) is 5.11 Å². The molecule has 1 N–H and O–H groups in total. The van der Waals surface area contributed by atoms with E-state index >= 15 is 0 Å². The lowest BCUT2D eigenvalue weighted by molar-refractivity contribution is -0.143. The third kappa shape index (κ3) is 4.07. The van der Waals surface area contributed by atoms with Gasteiger partial charge < -0.3 is 5.11 Å². The van der Waals surface area contributed by atoms with Crippen molar-refractivity contribution >= 4 is 5.97 Å². The van der Waals surface area contributed by atoms with E-state index in [1.807, 2.05) is 0 Å². The van der Waals surface area contributed by atoms with Crippen molar-refractivity contribution in [2.45, 2.75) is 57.5 Å². The molecule has 82 valence electrons. The van der Waals surface area contributed by atoms with Crippen LogP contribution < -0.4 is 0 Å². The molecular formula is C11H19FO2. The first-order valence-corrected chi connectivity index (χ1v) is 5.57. The van der Waals surface area contributed by atoms with E-state index < -0.39 is 12.1 Å². The van der Waals surface area contributed by atoms with Crippen molar-refractivity contribution in [1.82, 2.24) is 0 Å². The third-order valence-corrected chi connectivity index (χ3v) is 3.03. The number of hydrogen-bond acceptors (Lipinski definition) is 1. The van der Waals surface area contributed by atoms with Crippen LogP contribution in [0.15, 0.2) is 0 Å². The highest BCUT2D eigenvalue weighted by atomic mass is 19.1. The van der Waals surface area contributed by atoms with Crippen molar-refractivity contribution in [3.63, 3.8) is 0 Å². The van der Waals surface area contributed by atoms with Gasteiger partial charge in [0.25, 0.3) is 0 Å². The molecule has 1 aliphatic rings. The summed E-state index contributed by atoms with van der Waals surface area (Å²) >= 11 is 0. The van der Waals surface area contributed by atoms with Crippen LogP contribution in [-0.4, -0.2) is 17.2 Å². The first-order valence-electron chi connectivity index (χ1n) is 5.57. The molecule has 0 saturated heterocycles. The average Bonchev–Trinajstić information content (AvgIpc) is 2.08. The maximum absolute atomic E-state index is 12.9. The van der Waals surface area contributed by atoms with Crippen LogP contribution in [0.3, 0.4) is 0 Å². The zero-order valence-corrected chi connectivity index (χ0v) is 8.54. The SMILES string of the molecule is O=C(O)C(F)CC1CCCCCCC1. The summed E-state index contributed by atoms with van der Waals surface area (Å²) in [5.74, 6) is -1.01. The van der Waals surface area contributed by atoms with E-state index in [0.29, 0.717) is 5.92 Å². The summed E-state index contributed by atoms with van der Waals surface area (Å²) in [6.45, 7) is 0. The molecule has 1 rings (SSSR count). The molecule has 0 aliphatic heterocycles. The molecule has 0 spiro atoms. The Balaban J connectivity index is 2.29. The molecule has 1 fully saturated rings. The molecule has 0 amide bonds. The Hall–Kier alpha value is -0.600. The van der Waals surface area contributed by atoms with Crippen LogP contribution in [0.2, 0.25) is 0 Å². The van der Waals surface area contributed by atoms with Gasteiger partial charge in [-0.3, -0.25) is 0 Å². The Morgan fingerprint density at radius 3 is 2.21 bits per heavy atom. The second kappa shape index (κ2) is 5.99. The zero-order valence-electron chi connectivity index (χ0n) is 8.54. The van der Waals surface area contributed by atoms with Crippen LogP contribution >= 0.6 is 0 Å². The van der Waals surface area contributed by atoms with Crippen molar-refractivity contribution in [3.8, 4) is 0 Å². The van der Waals surface area contributed by atoms with E-state index in [-0.39, 0.29) is 6.42 Å². The predicted octanol–water partition coefficient (Wildman–Crippen LogP) is 3.16. The molecular weight excluding hydrogens is 183 g/mol. The van der Waals surface area contributed by atoms with E-state index in [0.717, 1.165) is 25.7 Å². The molecule has 1 saturated carbocycles. The smallest absolute Gasteiger partial charge is 0.338 e. The lowest BCUT2D eigenvalue weighted by Gasteiger charge is -2.19. The Labute approximate surface area is 84.5 Å². The fraction of sp³-hybridized carbons (Fsp3) is 0.909. The number of carbonyl (C=O) groups is 1. The second-order valence-electron chi connectivity index (χ2n) is 4.25. The van der Waals surface area contributed by atoms with Crippen LogP contribution in [0.25, 0.3) is 0 Å². The second-order valence-corrected chi connectivity index (χ2v) is 4.25. The molecule has 0 aromatic heterocycles. The first kappa shape index (κ1) is 11.5. The number of alkyl halides is 1. The fourth-order valence-corrected chi connectivity index (χ4v) is 2.17. The van der Waals surface area contributed by atoms with Crippen molar-refractivity contribution < 1.29 is 14.3 Å². The van der Waals surface area contributed by atoms with Crippen LogP contribution in [0.1, 0.15) is 51.4 Å². The normalized spacial score (nSPS) is 22.4. The highest BCUT2D eigenvalue weighted by Gasteiger charge is 2.21. The van der Waals surface area contributed by atoms with Crippen molar-refractivity contribution in [2.75, 3.05) is 0 Å². The molecule has 1 atom stereocenters. The van der Waals surface area contributed by atoms with Gasteiger partial charge in [-0.05, 0) is 12.3 Å². The molecule has 1 aliphatic carbocycles. The minimum absolute atomic E-state index is 0.218. The molecule has 0 bridgehead atoms.